The molecule has 1 amide bonds. The number of rotatable bonds is 9. The Hall–Kier alpha value is -2.64. The van der Waals surface area contributed by atoms with Crippen molar-refractivity contribution < 1.29 is 24.4 Å². The van der Waals surface area contributed by atoms with Crippen LogP contribution in [0, 0.1) is 16.0 Å². The predicted octanol–water partition coefficient (Wildman–Crippen LogP) is 1.93. The van der Waals surface area contributed by atoms with Crippen molar-refractivity contribution in [1.29, 1.82) is 0 Å². The number of hydrogen-bond donors (Lipinski definition) is 1. The second-order valence-electron chi connectivity index (χ2n) is 5.39. The van der Waals surface area contributed by atoms with Crippen LogP contribution in [0.3, 0.4) is 0 Å². The molecule has 1 aromatic carbocycles. The van der Waals surface area contributed by atoms with Gasteiger partial charge in [-0.25, -0.2) is 0 Å². The van der Waals surface area contributed by atoms with Crippen LogP contribution in [0.5, 0.6) is 5.75 Å². The van der Waals surface area contributed by atoms with Gasteiger partial charge in [0, 0.05) is 19.2 Å². The first-order valence-electron chi connectivity index (χ1n) is 7.17. The lowest BCUT2D eigenvalue weighted by Crippen LogP contribution is -2.39. The Balaban J connectivity index is 2.71. The zero-order chi connectivity index (χ0) is 17.4. The van der Waals surface area contributed by atoms with Crippen molar-refractivity contribution in [3.05, 3.63) is 34.4 Å². The van der Waals surface area contributed by atoms with Crippen LogP contribution in [0.15, 0.2) is 24.3 Å². The van der Waals surface area contributed by atoms with Gasteiger partial charge in [0.15, 0.2) is 12.4 Å². The second-order valence-corrected chi connectivity index (χ2v) is 5.39. The molecule has 0 saturated carbocycles. The van der Waals surface area contributed by atoms with Crippen LogP contribution in [0.4, 0.5) is 5.69 Å². The molecule has 0 atom stereocenters. The third-order valence-corrected chi connectivity index (χ3v) is 2.95. The molecule has 0 fully saturated rings. The first kappa shape index (κ1) is 18.4. The molecule has 1 rings (SSSR count). The Bertz CT molecular complexity index is 573. The van der Waals surface area contributed by atoms with Crippen molar-refractivity contribution in [3.63, 3.8) is 0 Å². The molecular weight excluding hydrogens is 304 g/mol. The molecule has 8 heteroatoms. The number of carboxylic acids is 1. The van der Waals surface area contributed by atoms with Crippen molar-refractivity contribution in [2.24, 2.45) is 5.92 Å². The minimum atomic E-state index is -0.994. The molecule has 126 valence electrons. The van der Waals surface area contributed by atoms with Crippen molar-refractivity contribution in [3.8, 4) is 5.75 Å². The lowest BCUT2D eigenvalue weighted by Gasteiger charge is -2.24. The van der Waals surface area contributed by atoms with E-state index in [1.54, 1.807) is 6.07 Å². The van der Waals surface area contributed by atoms with Crippen molar-refractivity contribution in [2.45, 2.75) is 20.3 Å². The Morgan fingerprint density at radius 2 is 2.00 bits per heavy atom. The van der Waals surface area contributed by atoms with E-state index in [2.05, 4.69) is 0 Å². The van der Waals surface area contributed by atoms with Crippen LogP contribution >= 0.6 is 0 Å². The summed E-state index contributed by atoms with van der Waals surface area (Å²) in [5.41, 5.74) is -0.221. The molecule has 1 aromatic rings. The van der Waals surface area contributed by atoms with E-state index in [0.29, 0.717) is 6.54 Å². The number of carboxylic acid groups (broad SMARTS) is 1. The summed E-state index contributed by atoms with van der Waals surface area (Å²) in [5, 5.41) is 19.6. The van der Waals surface area contributed by atoms with Crippen molar-refractivity contribution in [2.75, 3.05) is 19.7 Å². The summed E-state index contributed by atoms with van der Waals surface area (Å²) in [6.07, 6.45) is -0.163. The average Bonchev–Trinajstić information content (AvgIpc) is 2.48. The summed E-state index contributed by atoms with van der Waals surface area (Å²) < 4.78 is 5.25. The molecule has 0 aliphatic carbocycles. The normalized spacial score (nSPS) is 10.4. The lowest BCUT2D eigenvalue weighted by atomic mass is 10.2. The van der Waals surface area contributed by atoms with Gasteiger partial charge >= 0.3 is 11.7 Å². The van der Waals surface area contributed by atoms with E-state index in [0.717, 1.165) is 0 Å². The van der Waals surface area contributed by atoms with Gasteiger partial charge in [0.25, 0.3) is 5.91 Å². The van der Waals surface area contributed by atoms with Crippen molar-refractivity contribution >= 4 is 17.6 Å². The maximum Gasteiger partial charge on any atom is 0.310 e. The zero-order valence-electron chi connectivity index (χ0n) is 13.1. The number of ether oxygens (including phenoxy) is 1. The van der Waals surface area contributed by atoms with Crippen LogP contribution in [0.2, 0.25) is 0 Å². The van der Waals surface area contributed by atoms with Gasteiger partial charge in [-0.1, -0.05) is 26.0 Å². The zero-order valence-corrected chi connectivity index (χ0v) is 13.1. The number of amides is 1. The van der Waals surface area contributed by atoms with E-state index in [1.165, 1.54) is 23.1 Å². The summed E-state index contributed by atoms with van der Waals surface area (Å²) >= 11 is 0. The number of aliphatic carboxylic acids is 1. The fraction of sp³-hybridized carbons (Fsp3) is 0.467. The summed E-state index contributed by atoms with van der Waals surface area (Å²) in [7, 11) is 0. The van der Waals surface area contributed by atoms with Crippen LogP contribution in [-0.4, -0.2) is 46.5 Å². The number of carbonyl (C=O) groups is 2. The minimum absolute atomic E-state index is 0.00795. The Morgan fingerprint density at radius 1 is 1.35 bits per heavy atom. The van der Waals surface area contributed by atoms with E-state index in [4.69, 9.17) is 9.84 Å². The number of carbonyl (C=O) groups excluding carboxylic acids is 1. The lowest BCUT2D eigenvalue weighted by molar-refractivity contribution is -0.385. The second kappa shape index (κ2) is 8.72. The third-order valence-electron chi connectivity index (χ3n) is 2.95. The number of nitro groups is 1. The molecule has 0 aromatic heterocycles. The molecule has 0 aliphatic rings. The highest BCUT2D eigenvalue weighted by atomic mass is 16.6. The number of nitro benzene ring substituents is 1. The molecule has 0 saturated heterocycles. The number of para-hydroxylation sites is 2. The number of hydrogen-bond acceptors (Lipinski definition) is 5. The highest BCUT2D eigenvalue weighted by Gasteiger charge is 2.19. The predicted molar refractivity (Wildman–Crippen MR) is 82.3 cm³/mol. The number of nitrogens with zero attached hydrogens (tertiary/aromatic N) is 2. The van der Waals surface area contributed by atoms with Crippen LogP contribution < -0.4 is 4.74 Å². The SMILES string of the molecule is CC(C)CN(CCC(=O)O)C(=O)COc1ccccc1[N+](=O)[O-]. The molecule has 0 bridgehead atoms. The third kappa shape index (κ3) is 6.33. The molecule has 0 unspecified atom stereocenters. The monoisotopic (exact) mass is 324 g/mol. The van der Waals surface area contributed by atoms with E-state index < -0.39 is 16.8 Å². The van der Waals surface area contributed by atoms with Crippen LogP contribution in [0.1, 0.15) is 20.3 Å². The molecule has 0 heterocycles. The van der Waals surface area contributed by atoms with Gasteiger partial charge in [0.2, 0.25) is 0 Å². The van der Waals surface area contributed by atoms with Gasteiger partial charge in [-0.15, -0.1) is 0 Å². The fourth-order valence-corrected chi connectivity index (χ4v) is 1.95. The summed E-state index contributed by atoms with van der Waals surface area (Å²) in [6, 6.07) is 5.78. The van der Waals surface area contributed by atoms with Gasteiger partial charge in [0.1, 0.15) is 0 Å². The summed E-state index contributed by atoms with van der Waals surface area (Å²) in [5.74, 6) is -1.23. The first-order valence-corrected chi connectivity index (χ1v) is 7.17. The van der Waals surface area contributed by atoms with Gasteiger partial charge in [-0.2, -0.15) is 0 Å². The summed E-state index contributed by atoms with van der Waals surface area (Å²) in [4.78, 5) is 34.5. The van der Waals surface area contributed by atoms with E-state index in [1.807, 2.05) is 13.8 Å². The largest absolute Gasteiger partial charge is 0.481 e. The van der Waals surface area contributed by atoms with E-state index >= 15 is 0 Å². The quantitative estimate of drug-likeness (QED) is 0.549. The average molecular weight is 324 g/mol. The molecule has 0 radical (unpaired) electrons. The van der Waals surface area contributed by atoms with Gasteiger partial charge < -0.3 is 14.7 Å². The Labute approximate surface area is 133 Å². The standard InChI is InChI=1S/C15H20N2O6/c1-11(2)9-16(8-7-15(19)20)14(18)10-23-13-6-4-3-5-12(13)17(21)22/h3-6,11H,7-10H2,1-2H3,(H,19,20). The maximum absolute atomic E-state index is 12.2. The van der Waals surface area contributed by atoms with Gasteiger partial charge in [-0.05, 0) is 12.0 Å². The van der Waals surface area contributed by atoms with Crippen LogP contribution in [-0.2, 0) is 9.59 Å². The summed E-state index contributed by atoms with van der Waals surface area (Å²) in [6.45, 7) is 3.91. The van der Waals surface area contributed by atoms with E-state index in [-0.39, 0.29) is 36.9 Å². The fourth-order valence-electron chi connectivity index (χ4n) is 1.95. The smallest absolute Gasteiger partial charge is 0.310 e. The van der Waals surface area contributed by atoms with Crippen molar-refractivity contribution in [1.82, 2.24) is 4.90 Å². The Morgan fingerprint density at radius 3 is 2.57 bits per heavy atom. The molecule has 23 heavy (non-hydrogen) atoms. The highest BCUT2D eigenvalue weighted by Crippen LogP contribution is 2.25. The number of benzene rings is 1. The molecular formula is C15H20N2O6. The molecule has 0 aliphatic heterocycles. The van der Waals surface area contributed by atoms with E-state index in [9.17, 15) is 19.7 Å². The molecule has 0 spiro atoms. The minimum Gasteiger partial charge on any atom is -0.481 e. The Kier molecular flexibility index (Phi) is 6.98. The maximum atomic E-state index is 12.2. The topological polar surface area (TPSA) is 110 Å². The van der Waals surface area contributed by atoms with Crippen LogP contribution in [0.25, 0.3) is 0 Å². The highest BCUT2D eigenvalue weighted by molar-refractivity contribution is 5.78. The van der Waals surface area contributed by atoms with Gasteiger partial charge in [0.05, 0.1) is 11.3 Å². The first-order chi connectivity index (χ1) is 10.8. The van der Waals surface area contributed by atoms with Gasteiger partial charge in [-0.3, -0.25) is 19.7 Å². The molecule has 8 nitrogen and oxygen atoms in total. The molecule has 1 N–H and O–H groups in total.